The number of nitrogens with zero attached hydrogens (tertiary/aromatic N) is 4. The molecule has 4 aromatic rings. The maximum Gasteiger partial charge on any atom is 0.141 e. The topological polar surface area (TPSA) is 32.3 Å². The van der Waals surface area contributed by atoms with Crippen molar-refractivity contribution in [3.63, 3.8) is 0 Å². The molecule has 0 N–H and O–H groups in total. The zero-order valence-electron chi connectivity index (χ0n) is 15.9. The van der Waals surface area contributed by atoms with Crippen molar-refractivity contribution in [2.45, 2.75) is 6.92 Å². The maximum absolute atomic E-state index is 4.70. The molecule has 4 nitrogen and oxygen atoms in total. The van der Waals surface area contributed by atoms with Crippen molar-refractivity contribution in [3.8, 4) is 11.1 Å². The molecule has 5 rings (SSSR count). The number of benzene rings is 2. The fourth-order valence-corrected chi connectivity index (χ4v) is 4.77. The fourth-order valence-electron chi connectivity index (χ4n) is 3.86. The zero-order chi connectivity index (χ0) is 18.9. The van der Waals surface area contributed by atoms with Crippen LogP contribution >= 0.6 is 11.3 Å². The highest BCUT2D eigenvalue weighted by molar-refractivity contribution is 7.17. The molecule has 0 radical (unpaired) electrons. The Balaban J connectivity index is 1.44. The number of hydrogen-bond donors (Lipinski definition) is 0. The Morgan fingerprint density at radius 3 is 2.29 bits per heavy atom. The van der Waals surface area contributed by atoms with Crippen LogP contribution in [-0.2, 0) is 0 Å². The van der Waals surface area contributed by atoms with Crippen LogP contribution in [0, 0.1) is 6.92 Å². The number of thiophene rings is 1. The Morgan fingerprint density at radius 1 is 0.821 bits per heavy atom. The molecule has 0 unspecified atom stereocenters. The first-order chi connectivity index (χ1) is 13.8. The predicted octanol–water partition coefficient (Wildman–Crippen LogP) is 4.99. The third kappa shape index (κ3) is 3.12. The minimum absolute atomic E-state index is 0.962. The highest BCUT2D eigenvalue weighted by Gasteiger charge is 2.22. The average molecular weight is 387 g/mol. The van der Waals surface area contributed by atoms with E-state index in [9.17, 15) is 0 Å². The standard InChI is InChI=1S/C23H22N4S/c1-17-7-9-19(10-8-17)26-11-13-27(14-12-26)22-21-20(18-5-3-2-4-6-18)15-28-23(21)25-16-24-22/h2-10,15-16H,11-14H2,1H3. The van der Waals surface area contributed by atoms with Crippen molar-refractivity contribution in [2.75, 3.05) is 36.0 Å². The number of anilines is 2. The molecule has 0 aliphatic carbocycles. The normalized spacial score (nSPS) is 14.6. The summed E-state index contributed by atoms with van der Waals surface area (Å²) in [4.78, 5) is 15.2. The molecule has 28 heavy (non-hydrogen) atoms. The van der Waals surface area contributed by atoms with Gasteiger partial charge in [0, 0.05) is 42.8 Å². The smallest absolute Gasteiger partial charge is 0.141 e. The van der Waals surface area contributed by atoms with Crippen molar-refractivity contribution >= 4 is 33.1 Å². The van der Waals surface area contributed by atoms with Crippen LogP contribution in [0.1, 0.15) is 5.56 Å². The summed E-state index contributed by atoms with van der Waals surface area (Å²) in [5.74, 6) is 1.06. The van der Waals surface area contributed by atoms with Crippen LogP contribution in [0.3, 0.4) is 0 Å². The Labute approximate surface area is 169 Å². The number of hydrogen-bond acceptors (Lipinski definition) is 5. The quantitative estimate of drug-likeness (QED) is 0.496. The van der Waals surface area contributed by atoms with Crippen LogP contribution in [0.5, 0.6) is 0 Å². The molecular weight excluding hydrogens is 364 g/mol. The van der Waals surface area contributed by atoms with Crippen LogP contribution in [0.4, 0.5) is 11.5 Å². The van der Waals surface area contributed by atoms with E-state index in [0.29, 0.717) is 0 Å². The summed E-state index contributed by atoms with van der Waals surface area (Å²) in [5, 5.41) is 3.39. The van der Waals surface area contributed by atoms with Gasteiger partial charge in [-0.15, -0.1) is 11.3 Å². The summed E-state index contributed by atoms with van der Waals surface area (Å²) in [6.07, 6.45) is 1.70. The number of aromatic nitrogens is 2. The van der Waals surface area contributed by atoms with E-state index in [1.807, 2.05) is 0 Å². The average Bonchev–Trinajstić information content (AvgIpc) is 3.19. The van der Waals surface area contributed by atoms with Gasteiger partial charge in [-0.25, -0.2) is 9.97 Å². The molecule has 0 spiro atoms. The van der Waals surface area contributed by atoms with E-state index in [4.69, 9.17) is 4.98 Å². The van der Waals surface area contributed by atoms with Crippen LogP contribution in [0.25, 0.3) is 21.3 Å². The van der Waals surface area contributed by atoms with Crippen molar-refractivity contribution in [3.05, 3.63) is 71.9 Å². The molecule has 2 aromatic heterocycles. The third-order valence-electron chi connectivity index (χ3n) is 5.41. The zero-order valence-corrected chi connectivity index (χ0v) is 16.7. The van der Waals surface area contributed by atoms with Crippen LogP contribution in [0.2, 0.25) is 0 Å². The lowest BCUT2D eigenvalue weighted by molar-refractivity contribution is 0.649. The van der Waals surface area contributed by atoms with Gasteiger partial charge < -0.3 is 9.80 Å². The second-order valence-corrected chi connectivity index (χ2v) is 8.06. The summed E-state index contributed by atoms with van der Waals surface area (Å²) in [6, 6.07) is 19.4. The number of piperazine rings is 1. The minimum atomic E-state index is 0.962. The van der Waals surface area contributed by atoms with Gasteiger partial charge in [-0.05, 0) is 24.6 Å². The van der Waals surface area contributed by atoms with E-state index >= 15 is 0 Å². The lowest BCUT2D eigenvalue weighted by atomic mass is 10.1. The molecular formula is C23H22N4S. The monoisotopic (exact) mass is 386 g/mol. The van der Waals surface area contributed by atoms with Gasteiger partial charge in [0.1, 0.15) is 17.0 Å². The largest absolute Gasteiger partial charge is 0.368 e. The van der Waals surface area contributed by atoms with E-state index in [2.05, 4.69) is 81.7 Å². The van der Waals surface area contributed by atoms with Gasteiger partial charge in [0.15, 0.2) is 0 Å². The number of aryl methyl sites for hydroxylation is 1. The van der Waals surface area contributed by atoms with Gasteiger partial charge in [-0.2, -0.15) is 0 Å². The van der Waals surface area contributed by atoms with E-state index in [1.165, 1.54) is 27.8 Å². The van der Waals surface area contributed by atoms with Gasteiger partial charge >= 0.3 is 0 Å². The van der Waals surface area contributed by atoms with Crippen LogP contribution in [-0.4, -0.2) is 36.1 Å². The molecule has 5 heteroatoms. The summed E-state index contributed by atoms with van der Waals surface area (Å²) >= 11 is 1.70. The van der Waals surface area contributed by atoms with Gasteiger partial charge in [0.05, 0.1) is 5.39 Å². The minimum Gasteiger partial charge on any atom is -0.368 e. The van der Waals surface area contributed by atoms with Crippen molar-refractivity contribution in [2.24, 2.45) is 0 Å². The summed E-state index contributed by atoms with van der Waals surface area (Å²) in [6.45, 7) is 6.06. The molecule has 1 saturated heterocycles. The maximum atomic E-state index is 4.70. The first kappa shape index (κ1) is 17.2. The predicted molar refractivity (Wildman–Crippen MR) is 118 cm³/mol. The lowest BCUT2D eigenvalue weighted by Gasteiger charge is -2.37. The van der Waals surface area contributed by atoms with Crippen LogP contribution < -0.4 is 9.80 Å². The molecule has 2 aromatic carbocycles. The van der Waals surface area contributed by atoms with E-state index < -0.39 is 0 Å². The SMILES string of the molecule is Cc1ccc(N2CCN(c3ncnc4scc(-c5ccccc5)c34)CC2)cc1. The number of fused-ring (bicyclic) bond motifs is 1. The molecule has 1 aliphatic rings. The first-order valence-corrected chi connectivity index (χ1v) is 10.5. The Morgan fingerprint density at radius 2 is 1.54 bits per heavy atom. The van der Waals surface area contributed by atoms with E-state index in [0.717, 1.165) is 36.8 Å². The van der Waals surface area contributed by atoms with E-state index in [1.54, 1.807) is 17.7 Å². The second-order valence-electron chi connectivity index (χ2n) is 7.20. The highest BCUT2D eigenvalue weighted by atomic mass is 32.1. The first-order valence-electron chi connectivity index (χ1n) is 9.64. The third-order valence-corrected chi connectivity index (χ3v) is 6.30. The van der Waals surface area contributed by atoms with Gasteiger partial charge in [-0.3, -0.25) is 0 Å². The molecule has 0 atom stereocenters. The number of rotatable bonds is 3. The summed E-state index contributed by atoms with van der Waals surface area (Å²) in [7, 11) is 0. The fraction of sp³-hybridized carbons (Fsp3) is 0.217. The molecule has 1 fully saturated rings. The molecule has 1 aliphatic heterocycles. The molecule has 3 heterocycles. The Bertz CT molecular complexity index is 1080. The van der Waals surface area contributed by atoms with E-state index in [-0.39, 0.29) is 0 Å². The van der Waals surface area contributed by atoms with Crippen molar-refractivity contribution < 1.29 is 0 Å². The van der Waals surface area contributed by atoms with Crippen LogP contribution in [0.15, 0.2) is 66.3 Å². The van der Waals surface area contributed by atoms with Gasteiger partial charge in [-0.1, -0.05) is 48.0 Å². The highest BCUT2D eigenvalue weighted by Crippen LogP contribution is 2.38. The summed E-state index contributed by atoms with van der Waals surface area (Å²) < 4.78 is 0. The molecule has 0 amide bonds. The second kappa shape index (κ2) is 7.24. The molecule has 0 saturated carbocycles. The van der Waals surface area contributed by atoms with Crippen molar-refractivity contribution in [1.29, 1.82) is 0 Å². The lowest BCUT2D eigenvalue weighted by Crippen LogP contribution is -2.46. The summed E-state index contributed by atoms with van der Waals surface area (Å²) in [5.41, 5.74) is 5.07. The van der Waals surface area contributed by atoms with Gasteiger partial charge in [0.2, 0.25) is 0 Å². The Hall–Kier alpha value is -2.92. The van der Waals surface area contributed by atoms with Gasteiger partial charge in [0.25, 0.3) is 0 Å². The molecule has 0 bridgehead atoms. The Kier molecular flexibility index (Phi) is 4.45. The van der Waals surface area contributed by atoms with Crippen molar-refractivity contribution in [1.82, 2.24) is 9.97 Å². The molecule has 140 valence electrons.